The molecule has 0 spiro atoms. The van der Waals surface area contributed by atoms with Crippen molar-refractivity contribution in [1.82, 2.24) is 9.97 Å². The summed E-state index contributed by atoms with van der Waals surface area (Å²) in [5.74, 6) is 1.52. The molecule has 17 heavy (non-hydrogen) atoms. The SMILES string of the molecule is CCC(C)(C)c1ccc2nc(C(C)C)[nH]c2c1. The van der Waals surface area contributed by atoms with Gasteiger partial charge in [0.25, 0.3) is 0 Å². The van der Waals surface area contributed by atoms with Crippen LogP contribution in [0.5, 0.6) is 0 Å². The molecular formula is C15H22N2. The van der Waals surface area contributed by atoms with Gasteiger partial charge in [0.15, 0.2) is 0 Å². The molecule has 0 unspecified atom stereocenters. The lowest BCUT2D eigenvalue weighted by molar-refractivity contribution is 0.507. The van der Waals surface area contributed by atoms with Gasteiger partial charge < -0.3 is 4.98 Å². The van der Waals surface area contributed by atoms with Gasteiger partial charge in [-0.3, -0.25) is 0 Å². The standard InChI is InChI=1S/C15H22N2/c1-6-15(4,5)11-7-8-12-13(9-11)17-14(16-12)10(2)3/h7-10H,6H2,1-5H3,(H,16,17). The molecule has 2 heteroatoms. The third-order valence-corrected chi connectivity index (χ3v) is 3.71. The molecule has 2 nitrogen and oxygen atoms in total. The van der Waals surface area contributed by atoms with Crippen LogP contribution in [0.25, 0.3) is 11.0 Å². The zero-order valence-electron chi connectivity index (χ0n) is 11.5. The first kappa shape index (κ1) is 12.2. The molecule has 2 aromatic rings. The van der Waals surface area contributed by atoms with Crippen LogP contribution < -0.4 is 0 Å². The lowest BCUT2D eigenvalue weighted by Gasteiger charge is -2.23. The molecule has 1 aromatic heterocycles. The van der Waals surface area contributed by atoms with Gasteiger partial charge in [0.2, 0.25) is 0 Å². The predicted molar refractivity (Wildman–Crippen MR) is 73.5 cm³/mol. The van der Waals surface area contributed by atoms with E-state index in [0.717, 1.165) is 23.3 Å². The van der Waals surface area contributed by atoms with E-state index in [1.807, 2.05) is 0 Å². The van der Waals surface area contributed by atoms with E-state index in [1.54, 1.807) is 0 Å². The predicted octanol–water partition coefficient (Wildman–Crippen LogP) is 4.37. The van der Waals surface area contributed by atoms with E-state index in [0.29, 0.717) is 5.92 Å². The van der Waals surface area contributed by atoms with Crippen LogP contribution in [0, 0.1) is 0 Å². The van der Waals surface area contributed by atoms with Crippen molar-refractivity contribution in [2.75, 3.05) is 0 Å². The third kappa shape index (κ3) is 2.21. The topological polar surface area (TPSA) is 28.7 Å². The van der Waals surface area contributed by atoms with Crippen molar-refractivity contribution in [3.63, 3.8) is 0 Å². The average Bonchev–Trinajstić information content (AvgIpc) is 2.71. The van der Waals surface area contributed by atoms with E-state index >= 15 is 0 Å². The monoisotopic (exact) mass is 230 g/mol. The fourth-order valence-corrected chi connectivity index (χ4v) is 1.93. The lowest BCUT2D eigenvalue weighted by atomic mass is 9.82. The number of imidazole rings is 1. The quantitative estimate of drug-likeness (QED) is 0.833. The van der Waals surface area contributed by atoms with Crippen LogP contribution in [-0.4, -0.2) is 9.97 Å². The van der Waals surface area contributed by atoms with Crippen molar-refractivity contribution in [2.24, 2.45) is 0 Å². The normalized spacial score (nSPS) is 12.6. The summed E-state index contributed by atoms with van der Waals surface area (Å²) in [6, 6.07) is 6.58. The number of nitrogens with one attached hydrogen (secondary N) is 1. The second-order valence-electron chi connectivity index (χ2n) is 5.75. The molecule has 1 heterocycles. The molecule has 1 N–H and O–H groups in total. The zero-order chi connectivity index (χ0) is 12.6. The lowest BCUT2D eigenvalue weighted by Crippen LogP contribution is -2.15. The molecule has 0 bridgehead atoms. The van der Waals surface area contributed by atoms with Gasteiger partial charge in [0, 0.05) is 5.92 Å². The number of H-pyrrole nitrogens is 1. The highest BCUT2D eigenvalue weighted by Crippen LogP contribution is 2.29. The molecule has 0 aliphatic heterocycles. The first-order chi connectivity index (χ1) is 7.94. The summed E-state index contributed by atoms with van der Waals surface area (Å²) < 4.78 is 0. The minimum Gasteiger partial charge on any atom is -0.342 e. The van der Waals surface area contributed by atoms with Crippen LogP contribution in [0.2, 0.25) is 0 Å². The van der Waals surface area contributed by atoms with Crippen LogP contribution in [0.3, 0.4) is 0 Å². The van der Waals surface area contributed by atoms with Gasteiger partial charge in [-0.1, -0.05) is 40.7 Å². The van der Waals surface area contributed by atoms with E-state index in [1.165, 1.54) is 5.56 Å². The Balaban J connectivity index is 2.50. The number of nitrogens with zero attached hydrogens (tertiary/aromatic N) is 1. The summed E-state index contributed by atoms with van der Waals surface area (Å²) in [5.41, 5.74) is 3.85. The van der Waals surface area contributed by atoms with Gasteiger partial charge >= 0.3 is 0 Å². The summed E-state index contributed by atoms with van der Waals surface area (Å²) in [4.78, 5) is 8.03. The maximum absolute atomic E-state index is 4.61. The Morgan fingerprint density at radius 2 is 2.00 bits per heavy atom. The van der Waals surface area contributed by atoms with E-state index < -0.39 is 0 Å². The Morgan fingerprint density at radius 1 is 1.29 bits per heavy atom. The average molecular weight is 230 g/mol. The summed E-state index contributed by atoms with van der Waals surface area (Å²) in [6.07, 6.45) is 1.14. The molecule has 2 rings (SSSR count). The number of benzene rings is 1. The first-order valence-corrected chi connectivity index (χ1v) is 6.44. The van der Waals surface area contributed by atoms with E-state index in [4.69, 9.17) is 0 Å². The van der Waals surface area contributed by atoms with Crippen LogP contribution in [0.1, 0.15) is 58.3 Å². The summed E-state index contributed by atoms with van der Waals surface area (Å²) in [5, 5.41) is 0. The van der Waals surface area contributed by atoms with Gasteiger partial charge in [-0.05, 0) is 29.5 Å². The third-order valence-electron chi connectivity index (χ3n) is 3.71. The fraction of sp³-hybridized carbons (Fsp3) is 0.533. The van der Waals surface area contributed by atoms with E-state index in [2.05, 4.69) is 62.8 Å². The van der Waals surface area contributed by atoms with Crippen molar-refractivity contribution < 1.29 is 0 Å². The van der Waals surface area contributed by atoms with Crippen LogP contribution in [0.15, 0.2) is 18.2 Å². The minimum atomic E-state index is 0.233. The largest absolute Gasteiger partial charge is 0.342 e. The molecule has 0 amide bonds. The number of aromatic nitrogens is 2. The van der Waals surface area contributed by atoms with E-state index in [-0.39, 0.29) is 5.41 Å². The number of fused-ring (bicyclic) bond motifs is 1. The Bertz CT molecular complexity index is 521. The van der Waals surface area contributed by atoms with Crippen molar-refractivity contribution in [3.8, 4) is 0 Å². The molecule has 0 radical (unpaired) electrons. The zero-order valence-corrected chi connectivity index (χ0v) is 11.5. The minimum absolute atomic E-state index is 0.233. The highest BCUT2D eigenvalue weighted by atomic mass is 14.9. The molecule has 0 atom stereocenters. The number of aromatic amines is 1. The van der Waals surface area contributed by atoms with Crippen molar-refractivity contribution >= 4 is 11.0 Å². The van der Waals surface area contributed by atoms with Crippen molar-refractivity contribution in [1.29, 1.82) is 0 Å². The van der Waals surface area contributed by atoms with Gasteiger partial charge in [-0.15, -0.1) is 0 Å². The Kier molecular flexibility index (Phi) is 2.98. The smallest absolute Gasteiger partial charge is 0.109 e. The Morgan fingerprint density at radius 3 is 2.59 bits per heavy atom. The number of hydrogen-bond donors (Lipinski definition) is 1. The molecule has 1 aromatic carbocycles. The second-order valence-corrected chi connectivity index (χ2v) is 5.75. The van der Waals surface area contributed by atoms with E-state index in [9.17, 15) is 0 Å². The molecule has 0 saturated heterocycles. The van der Waals surface area contributed by atoms with Crippen molar-refractivity contribution in [3.05, 3.63) is 29.6 Å². The Hall–Kier alpha value is -1.31. The van der Waals surface area contributed by atoms with Gasteiger partial charge in [0.1, 0.15) is 5.82 Å². The van der Waals surface area contributed by atoms with Crippen LogP contribution >= 0.6 is 0 Å². The van der Waals surface area contributed by atoms with Crippen molar-refractivity contribution in [2.45, 2.75) is 52.4 Å². The van der Waals surface area contributed by atoms with Crippen LogP contribution in [0.4, 0.5) is 0 Å². The maximum Gasteiger partial charge on any atom is 0.109 e. The highest BCUT2D eigenvalue weighted by Gasteiger charge is 2.18. The molecule has 0 fully saturated rings. The maximum atomic E-state index is 4.61. The Labute approximate surface area is 103 Å². The molecule has 0 aliphatic carbocycles. The van der Waals surface area contributed by atoms with Gasteiger partial charge in [-0.25, -0.2) is 4.98 Å². The molecular weight excluding hydrogens is 208 g/mol. The molecule has 92 valence electrons. The second kappa shape index (κ2) is 4.17. The number of hydrogen-bond acceptors (Lipinski definition) is 1. The number of rotatable bonds is 3. The van der Waals surface area contributed by atoms with Gasteiger partial charge in [0.05, 0.1) is 11.0 Å². The summed E-state index contributed by atoms with van der Waals surface area (Å²) >= 11 is 0. The first-order valence-electron chi connectivity index (χ1n) is 6.44. The summed E-state index contributed by atoms with van der Waals surface area (Å²) in [6.45, 7) is 11.1. The van der Waals surface area contributed by atoms with Crippen LogP contribution in [-0.2, 0) is 5.41 Å². The van der Waals surface area contributed by atoms with Gasteiger partial charge in [-0.2, -0.15) is 0 Å². The highest BCUT2D eigenvalue weighted by molar-refractivity contribution is 5.76. The molecule has 0 saturated carbocycles. The fourth-order valence-electron chi connectivity index (χ4n) is 1.93. The molecule has 0 aliphatic rings. The summed E-state index contributed by atoms with van der Waals surface area (Å²) in [7, 11) is 0.